The second-order valence-corrected chi connectivity index (χ2v) is 5.44. The van der Waals surface area contributed by atoms with Crippen LogP contribution in [0.2, 0.25) is 0 Å². The van der Waals surface area contributed by atoms with Gasteiger partial charge in [-0.05, 0) is 13.8 Å². The van der Waals surface area contributed by atoms with Crippen LogP contribution in [-0.2, 0) is 20.9 Å². The largest absolute Gasteiger partial charge is 0.468 e. The van der Waals surface area contributed by atoms with Crippen molar-refractivity contribution < 1.29 is 23.7 Å². The normalized spacial score (nSPS) is 19.7. The molecule has 1 aromatic rings. The first-order valence-electron chi connectivity index (χ1n) is 7.26. The van der Waals surface area contributed by atoms with Crippen LogP contribution in [0.4, 0.5) is 10.7 Å². The highest BCUT2D eigenvalue weighted by atomic mass is 16.5. The molecule has 0 spiro atoms. The molecule has 1 fully saturated rings. The lowest BCUT2D eigenvalue weighted by Crippen LogP contribution is -2.63. The third-order valence-corrected chi connectivity index (χ3v) is 4.15. The zero-order chi connectivity index (χ0) is 16.9. The van der Waals surface area contributed by atoms with Gasteiger partial charge in [0, 0.05) is 7.05 Å². The van der Waals surface area contributed by atoms with Gasteiger partial charge in [-0.15, -0.1) is 0 Å². The molecule has 0 radical (unpaired) electrons. The van der Waals surface area contributed by atoms with E-state index in [4.69, 9.17) is 0 Å². The van der Waals surface area contributed by atoms with Gasteiger partial charge in [0.15, 0.2) is 0 Å². The van der Waals surface area contributed by atoms with Crippen LogP contribution >= 0.6 is 0 Å². The number of aryl methyl sites for hydroxylation is 1. The summed E-state index contributed by atoms with van der Waals surface area (Å²) in [5.41, 5.74) is 0.970. The van der Waals surface area contributed by atoms with Crippen molar-refractivity contribution in [1.29, 1.82) is 0 Å². The number of rotatable bonds is 3. The monoisotopic (exact) mass is 320 g/mol. The van der Waals surface area contributed by atoms with E-state index in [1.807, 2.05) is 24.6 Å². The van der Waals surface area contributed by atoms with Gasteiger partial charge in [0.2, 0.25) is 11.9 Å². The number of aliphatic imine (C=N–C) groups is 1. The summed E-state index contributed by atoms with van der Waals surface area (Å²) in [7, 11) is 2.76. The first kappa shape index (κ1) is 15.2. The zero-order valence-corrected chi connectivity index (χ0v) is 13.4. The van der Waals surface area contributed by atoms with E-state index in [0.29, 0.717) is 18.3 Å². The molecule has 2 aliphatic rings. The fourth-order valence-electron chi connectivity index (χ4n) is 2.96. The fourth-order valence-corrected chi connectivity index (χ4v) is 2.96. The Morgan fingerprint density at radius 2 is 2.13 bits per heavy atom. The Bertz CT molecular complexity index is 751. The number of carbonyl (C=O) groups is 3. The summed E-state index contributed by atoms with van der Waals surface area (Å²) >= 11 is 0. The maximum atomic E-state index is 12.7. The van der Waals surface area contributed by atoms with Gasteiger partial charge >= 0.3 is 17.9 Å². The molecule has 1 saturated heterocycles. The molecule has 0 aromatic carbocycles. The lowest BCUT2D eigenvalue weighted by molar-refractivity contribution is -0.677. The molecule has 2 aliphatic heterocycles. The van der Waals surface area contributed by atoms with Gasteiger partial charge in [0.1, 0.15) is 18.4 Å². The molecule has 1 unspecified atom stereocenters. The highest BCUT2D eigenvalue weighted by Crippen LogP contribution is 2.28. The van der Waals surface area contributed by atoms with Crippen LogP contribution in [0.5, 0.6) is 0 Å². The highest BCUT2D eigenvalue weighted by Gasteiger charge is 2.53. The van der Waals surface area contributed by atoms with E-state index >= 15 is 0 Å². The third kappa shape index (κ3) is 2.03. The molecule has 0 bridgehead atoms. The van der Waals surface area contributed by atoms with Crippen LogP contribution in [0.1, 0.15) is 18.7 Å². The summed E-state index contributed by atoms with van der Waals surface area (Å²) in [6.45, 7) is 4.20. The minimum Gasteiger partial charge on any atom is -0.468 e. The van der Waals surface area contributed by atoms with E-state index < -0.39 is 30.5 Å². The quantitative estimate of drug-likeness (QED) is 0.568. The molecule has 23 heavy (non-hydrogen) atoms. The maximum Gasteiger partial charge on any atom is 0.401 e. The summed E-state index contributed by atoms with van der Waals surface area (Å²) in [4.78, 5) is 43.3. The van der Waals surface area contributed by atoms with Crippen molar-refractivity contribution in [2.75, 3.05) is 20.7 Å². The Morgan fingerprint density at radius 1 is 1.43 bits per heavy atom. The number of fused-ring (bicyclic) bond motifs is 3. The number of hydrogen-bond acceptors (Lipinski definition) is 5. The zero-order valence-electron chi connectivity index (χ0n) is 13.4. The number of carbonyl (C=O) groups excluding carboxylic acids is 3. The molecule has 1 aromatic heterocycles. The van der Waals surface area contributed by atoms with Gasteiger partial charge < -0.3 is 4.74 Å². The van der Waals surface area contributed by atoms with E-state index in [1.54, 1.807) is 11.6 Å². The SMILES string of the molecule is CCn1c(C)c[n+]2c1N=C1C2C(=O)N(CC(=O)OC)C(=O)N1C. The summed E-state index contributed by atoms with van der Waals surface area (Å²) in [5, 5.41) is 0. The molecule has 9 nitrogen and oxygen atoms in total. The Hall–Kier alpha value is -2.71. The number of ether oxygens (including phenoxy) is 1. The van der Waals surface area contributed by atoms with Crippen LogP contribution in [0.3, 0.4) is 0 Å². The van der Waals surface area contributed by atoms with Crippen LogP contribution < -0.4 is 4.57 Å². The number of imidazole rings is 1. The van der Waals surface area contributed by atoms with E-state index in [0.717, 1.165) is 10.6 Å². The second kappa shape index (κ2) is 5.18. The van der Waals surface area contributed by atoms with E-state index in [2.05, 4.69) is 9.73 Å². The highest BCUT2D eigenvalue weighted by molar-refractivity contribution is 6.19. The summed E-state index contributed by atoms with van der Waals surface area (Å²) in [6, 6.07) is -1.32. The van der Waals surface area contributed by atoms with Crippen molar-refractivity contribution in [2.24, 2.45) is 4.99 Å². The number of methoxy groups -OCH3 is 1. The second-order valence-electron chi connectivity index (χ2n) is 5.44. The van der Waals surface area contributed by atoms with Crippen LogP contribution in [0.15, 0.2) is 11.2 Å². The summed E-state index contributed by atoms with van der Waals surface area (Å²) in [5.74, 6) is -0.128. The standard InChI is InChI=1S/C14H18N5O4/c1-5-17-8(2)6-18-10-11(15-13(17)18)16(3)14(22)19(12(10)21)7-9(20)23-4/h6,10H,5,7H2,1-4H3/q+1. The molecule has 9 heteroatoms. The number of amidine groups is 1. The van der Waals surface area contributed by atoms with Crippen LogP contribution in [-0.4, -0.2) is 58.8 Å². The molecule has 3 amide bonds. The molecule has 0 aliphatic carbocycles. The van der Waals surface area contributed by atoms with Gasteiger partial charge in [0.05, 0.1) is 13.7 Å². The minimum atomic E-state index is -0.733. The Kier molecular flexibility index (Phi) is 3.42. The van der Waals surface area contributed by atoms with Crippen molar-refractivity contribution in [3.8, 4) is 0 Å². The maximum absolute atomic E-state index is 12.7. The van der Waals surface area contributed by atoms with Crippen LogP contribution in [0, 0.1) is 6.92 Å². The molecular formula is C14H18N5O4+. The van der Waals surface area contributed by atoms with Crippen molar-refractivity contribution in [2.45, 2.75) is 26.4 Å². The number of amides is 3. The first-order chi connectivity index (χ1) is 10.9. The molecule has 1 atom stereocenters. The molecule has 0 saturated carbocycles. The van der Waals surface area contributed by atoms with Crippen molar-refractivity contribution in [3.63, 3.8) is 0 Å². The molecule has 3 heterocycles. The number of aromatic nitrogens is 2. The van der Waals surface area contributed by atoms with E-state index in [9.17, 15) is 14.4 Å². The van der Waals surface area contributed by atoms with E-state index in [1.165, 1.54) is 12.0 Å². The number of imide groups is 1. The molecule has 122 valence electrons. The number of nitrogens with zero attached hydrogens (tertiary/aromatic N) is 5. The molecular weight excluding hydrogens is 302 g/mol. The third-order valence-electron chi connectivity index (χ3n) is 4.15. The predicted molar refractivity (Wildman–Crippen MR) is 78.1 cm³/mol. The van der Waals surface area contributed by atoms with Gasteiger partial charge in [-0.1, -0.05) is 4.99 Å². The number of hydrogen-bond donors (Lipinski definition) is 0. The van der Waals surface area contributed by atoms with Crippen molar-refractivity contribution >= 4 is 29.7 Å². The van der Waals surface area contributed by atoms with Gasteiger partial charge in [0.25, 0.3) is 5.91 Å². The molecule has 3 rings (SSSR count). The molecule has 0 N–H and O–H groups in total. The average molecular weight is 320 g/mol. The van der Waals surface area contributed by atoms with E-state index in [-0.39, 0.29) is 0 Å². The van der Waals surface area contributed by atoms with Gasteiger partial charge in [-0.25, -0.2) is 18.8 Å². The fraction of sp³-hybridized carbons (Fsp3) is 0.500. The topological polar surface area (TPSA) is 88.1 Å². The Labute approximate surface area is 132 Å². The van der Waals surface area contributed by atoms with Gasteiger partial charge in [-0.3, -0.25) is 14.5 Å². The number of esters is 1. The average Bonchev–Trinajstić information content (AvgIpc) is 3.03. The van der Waals surface area contributed by atoms with Crippen LogP contribution in [0.25, 0.3) is 0 Å². The lowest BCUT2D eigenvalue weighted by atomic mass is 10.1. The first-order valence-corrected chi connectivity index (χ1v) is 7.26. The van der Waals surface area contributed by atoms with Gasteiger partial charge in [-0.2, -0.15) is 0 Å². The lowest BCUT2D eigenvalue weighted by Gasteiger charge is -2.32. The minimum absolute atomic E-state index is 0.373. The Balaban J connectivity index is 2.05. The van der Waals surface area contributed by atoms with Crippen molar-refractivity contribution in [1.82, 2.24) is 14.4 Å². The Morgan fingerprint density at radius 3 is 2.74 bits per heavy atom. The summed E-state index contributed by atoms with van der Waals surface area (Å²) in [6.07, 6.45) is 1.83. The number of urea groups is 1. The smallest absolute Gasteiger partial charge is 0.401 e. The van der Waals surface area contributed by atoms with Crippen molar-refractivity contribution in [3.05, 3.63) is 11.9 Å². The number of likely N-dealkylation sites (N-methyl/N-ethyl adjacent to an activating group) is 1. The summed E-state index contributed by atoms with van der Waals surface area (Å²) < 4.78 is 8.26. The predicted octanol–water partition coefficient (Wildman–Crippen LogP) is -0.244.